The Kier molecular flexibility index (Phi) is 6.06. The molecule has 0 fully saturated rings. The molecule has 1 aromatic heterocycles. The van der Waals surface area contributed by atoms with Gasteiger partial charge < -0.3 is 18.6 Å². The van der Waals surface area contributed by atoms with Crippen molar-refractivity contribution in [3.8, 4) is 28.7 Å². The number of hydrogen-bond donors (Lipinski definition) is 1. The lowest BCUT2D eigenvalue weighted by Gasteiger charge is -2.13. The molecule has 12 heteroatoms. The number of hydrogen-bond acceptors (Lipinski definition) is 7. The van der Waals surface area contributed by atoms with E-state index < -0.39 is 38.7 Å². The van der Waals surface area contributed by atoms with Crippen LogP contribution >= 0.6 is 0 Å². The highest BCUT2D eigenvalue weighted by Crippen LogP contribution is 2.39. The van der Waals surface area contributed by atoms with Crippen molar-refractivity contribution in [3.63, 3.8) is 0 Å². The number of ether oxygens (including phenoxy) is 3. The zero-order valence-corrected chi connectivity index (χ0v) is 18.5. The standard InChI is InChI=1S/C23H14F3NO7S/c1-31-13-6-8-14(9-7-13)33-21-20(28)16-11-10-15(12-18(16)34-22(21)23(24,25)26)32-17-4-2-3-5-19(17)35(27,29)30/h2-6,8,10-12H,1H3,(H2,27,29,30). The van der Waals surface area contributed by atoms with Gasteiger partial charge in [0.15, 0.2) is 11.5 Å². The SMILES string of the molecule is COc1c#cc(Oc2c(C(F)(F)F)oc3cc(Oc4ccccc4S(N)(=O)=O)ccc3c2=O)cc1. The number of alkyl halides is 3. The highest BCUT2D eigenvalue weighted by atomic mass is 32.2. The summed E-state index contributed by atoms with van der Waals surface area (Å²) in [4.78, 5) is 12.6. The first-order valence-electron chi connectivity index (χ1n) is 9.61. The van der Waals surface area contributed by atoms with Gasteiger partial charge >= 0.3 is 6.18 Å². The summed E-state index contributed by atoms with van der Waals surface area (Å²) in [5.74, 6) is -3.00. The number of halogens is 3. The molecule has 4 aromatic rings. The number of primary sulfonamides is 1. The van der Waals surface area contributed by atoms with Gasteiger partial charge in [0.25, 0.3) is 5.76 Å². The van der Waals surface area contributed by atoms with Gasteiger partial charge in [0, 0.05) is 6.07 Å². The van der Waals surface area contributed by atoms with Crippen LogP contribution in [0.5, 0.6) is 28.7 Å². The average molecular weight is 505 g/mol. The van der Waals surface area contributed by atoms with E-state index in [9.17, 15) is 26.4 Å². The average Bonchev–Trinajstić information content (AvgIpc) is 2.80. The van der Waals surface area contributed by atoms with Crippen molar-refractivity contribution in [3.05, 3.63) is 82.7 Å². The molecule has 35 heavy (non-hydrogen) atoms. The Morgan fingerprint density at radius 1 is 0.971 bits per heavy atom. The maximum Gasteiger partial charge on any atom is 0.453 e. The van der Waals surface area contributed by atoms with Gasteiger partial charge in [-0.1, -0.05) is 12.1 Å². The van der Waals surface area contributed by atoms with Crippen LogP contribution in [0.25, 0.3) is 11.0 Å². The van der Waals surface area contributed by atoms with Crippen LogP contribution in [0, 0.1) is 12.1 Å². The number of nitrogens with two attached hydrogens (primary N) is 1. The summed E-state index contributed by atoms with van der Waals surface area (Å²) in [6.07, 6.45) is -5.09. The minimum Gasteiger partial charge on any atom is -0.489 e. The van der Waals surface area contributed by atoms with E-state index in [1.165, 1.54) is 49.6 Å². The molecule has 3 aromatic carbocycles. The first kappa shape index (κ1) is 23.9. The molecule has 0 unspecified atom stereocenters. The second-order valence-electron chi connectivity index (χ2n) is 6.96. The van der Waals surface area contributed by atoms with E-state index in [2.05, 4.69) is 12.1 Å². The van der Waals surface area contributed by atoms with Crippen LogP contribution in [0.4, 0.5) is 13.2 Å². The van der Waals surface area contributed by atoms with Crippen LogP contribution in [0.2, 0.25) is 0 Å². The molecule has 0 spiro atoms. The molecular formula is C23H14F3NO7S. The molecule has 0 aliphatic carbocycles. The molecule has 0 radical (unpaired) electrons. The van der Waals surface area contributed by atoms with Crippen molar-refractivity contribution < 1.29 is 40.2 Å². The van der Waals surface area contributed by atoms with E-state index in [0.717, 1.165) is 12.1 Å². The van der Waals surface area contributed by atoms with Gasteiger partial charge in [-0.15, -0.1) is 0 Å². The first-order chi connectivity index (χ1) is 16.5. The van der Waals surface area contributed by atoms with E-state index in [0.29, 0.717) is 0 Å². The van der Waals surface area contributed by atoms with Crippen LogP contribution < -0.4 is 24.8 Å². The lowest BCUT2D eigenvalue weighted by Crippen LogP contribution is -2.15. The Morgan fingerprint density at radius 2 is 1.66 bits per heavy atom. The minimum absolute atomic E-state index is 0.100. The van der Waals surface area contributed by atoms with Gasteiger partial charge in [-0.3, -0.25) is 4.79 Å². The molecule has 0 aliphatic rings. The fraction of sp³-hybridized carbons (Fsp3) is 0.0870. The predicted octanol–water partition coefficient (Wildman–Crippen LogP) is 4.65. The maximum atomic E-state index is 13.7. The number of rotatable bonds is 6. The Labute approximate surface area is 196 Å². The maximum absolute atomic E-state index is 13.7. The van der Waals surface area contributed by atoms with Gasteiger partial charge in [0.2, 0.25) is 21.2 Å². The predicted molar refractivity (Wildman–Crippen MR) is 116 cm³/mol. The van der Waals surface area contributed by atoms with Crippen LogP contribution in [0.1, 0.15) is 5.76 Å². The molecule has 8 nitrogen and oxygen atoms in total. The van der Waals surface area contributed by atoms with Gasteiger partial charge in [-0.05, 0) is 48.5 Å². The topological polar surface area (TPSA) is 118 Å². The molecule has 1 heterocycles. The van der Waals surface area contributed by atoms with Gasteiger partial charge in [-0.25, -0.2) is 13.6 Å². The van der Waals surface area contributed by atoms with E-state index in [4.69, 9.17) is 23.8 Å². The summed E-state index contributed by atoms with van der Waals surface area (Å²) >= 11 is 0. The smallest absolute Gasteiger partial charge is 0.453 e. The molecule has 0 saturated heterocycles. The summed E-state index contributed by atoms with van der Waals surface area (Å²) in [6.45, 7) is 0. The van der Waals surface area contributed by atoms with Crippen molar-refractivity contribution in [2.24, 2.45) is 5.14 Å². The summed E-state index contributed by atoms with van der Waals surface area (Å²) in [7, 11) is -2.78. The molecule has 0 saturated carbocycles. The lowest BCUT2D eigenvalue weighted by molar-refractivity contribution is -0.154. The summed E-state index contributed by atoms with van der Waals surface area (Å²) in [5.41, 5.74) is -1.56. The van der Waals surface area contributed by atoms with Gasteiger partial charge in [-0.2, -0.15) is 13.2 Å². The van der Waals surface area contributed by atoms with Crippen LogP contribution in [-0.4, -0.2) is 15.5 Å². The Bertz CT molecular complexity index is 1560. The summed E-state index contributed by atoms with van der Waals surface area (Å²) < 4.78 is 85.4. The monoisotopic (exact) mass is 505 g/mol. The lowest BCUT2D eigenvalue weighted by atomic mass is 10.2. The second kappa shape index (κ2) is 8.86. The Hall–Kier alpha value is -4.21. The van der Waals surface area contributed by atoms with Crippen LogP contribution in [-0.2, 0) is 16.2 Å². The van der Waals surface area contributed by atoms with Crippen LogP contribution in [0.3, 0.4) is 0 Å². The van der Waals surface area contributed by atoms with Crippen molar-refractivity contribution in [2.45, 2.75) is 11.1 Å². The van der Waals surface area contributed by atoms with Crippen LogP contribution in [0.15, 0.2) is 68.7 Å². The summed E-state index contributed by atoms with van der Waals surface area (Å²) in [6, 6.07) is 16.4. The molecular weight excluding hydrogens is 491 g/mol. The van der Waals surface area contributed by atoms with E-state index in [1.54, 1.807) is 0 Å². The number of sulfonamides is 1. The largest absolute Gasteiger partial charge is 0.489 e. The van der Waals surface area contributed by atoms with Crippen molar-refractivity contribution >= 4 is 21.0 Å². The molecule has 2 N–H and O–H groups in total. The first-order valence-corrected chi connectivity index (χ1v) is 11.2. The quantitative estimate of drug-likeness (QED) is 0.405. The van der Waals surface area contributed by atoms with E-state index in [-0.39, 0.29) is 33.3 Å². The zero-order valence-electron chi connectivity index (χ0n) is 17.7. The van der Waals surface area contributed by atoms with Crippen molar-refractivity contribution in [1.29, 1.82) is 0 Å². The second-order valence-corrected chi connectivity index (χ2v) is 8.49. The molecule has 0 amide bonds. The fourth-order valence-corrected chi connectivity index (χ4v) is 3.70. The molecule has 0 aliphatic heterocycles. The molecule has 0 atom stereocenters. The number of fused-ring (bicyclic) bond motifs is 1. The normalized spacial score (nSPS) is 11.7. The molecule has 4 rings (SSSR count). The van der Waals surface area contributed by atoms with Gasteiger partial charge in [0.1, 0.15) is 22.0 Å². The minimum atomic E-state index is -5.09. The highest BCUT2D eigenvalue weighted by Gasteiger charge is 2.40. The zero-order chi connectivity index (χ0) is 25.4. The molecule has 180 valence electrons. The third-order valence-electron chi connectivity index (χ3n) is 4.59. The van der Waals surface area contributed by atoms with E-state index in [1.807, 2.05) is 0 Å². The Balaban J connectivity index is 1.80. The Morgan fingerprint density at radius 3 is 2.29 bits per heavy atom. The number of benzene rings is 2. The molecule has 0 bridgehead atoms. The third kappa shape index (κ3) is 5.01. The van der Waals surface area contributed by atoms with Crippen molar-refractivity contribution in [2.75, 3.05) is 7.11 Å². The summed E-state index contributed by atoms with van der Waals surface area (Å²) in [5, 5.41) is 4.93. The number of methoxy groups -OCH3 is 1. The fourth-order valence-electron chi connectivity index (χ4n) is 3.04. The van der Waals surface area contributed by atoms with Crippen molar-refractivity contribution in [1.82, 2.24) is 0 Å². The number of para-hydroxylation sites is 1. The third-order valence-corrected chi connectivity index (χ3v) is 5.54. The van der Waals surface area contributed by atoms with E-state index >= 15 is 0 Å². The highest BCUT2D eigenvalue weighted by molar-refractivity contribution is 7.89. The van der Waals surface area contributed by atoms with Gasteiger partial charge in [0.05, 0.1) is 12.5 Å².